The molecular formula is C16H21NO3. The summed E-state index contributed by atoms with van der Waals surface area (Å²) in [6.07, 6.45) is 2.66. The molecule has 1 aliphatic rings. The van der Waals surface area contributed by atoms with E-state index in [2.05, 4.69) is 17.4 Å². The number of carbonyl (C=O) groups excluding carboxylic acids is 1. The van der Waals surface area contributed by atoms with E-state index in [0.717, 1.165) is 12.8 Å². The molecule has 1 fully saturated rings. The Bertz CT molecular complexity index is 472. The van der Waals surface area contributed by atoms with Crippen LogP contribution in [-0.4, -0.2) is 23.0 Å². The highest BCUT2D eigenvalue weighted by molar-refractivity contribution is 5.83. The van der Waals surface area contributed by atoms with Gasteiger partial charge in [-0.15, -0.1) is 0 Å². The average Bonchev–Trinajstić information content (AvgIpc) is 3.18. The van der Waals surface area contributed by atoms with Crippen molar-refractivity contribution in [3.63, 3.8) is 0 Å². The largest absolute Gasteiger partial charge is 0.480 e. The first-order valence-corrected chi connectivity index (χ1v) is 7.19. The van der Waals surface area contributed by atoms with Gasteiger partial charge in [0.15, 0.2) is 0 Å². The second kappa shape index (κ2) is 6.55. The van der Waals surface area contributed by atoms with Crippen molar-refractivity contribution >= 4 is 11.9 Å². The highest BCUT2D eigenvalue weighted by atomic mass is 16.4. The van der Waals surface area contributed by atoms with Crippen molar-refractivity contribution in [1.29, 1.82) is 0 Å². The summed E-state index contributed by atoms with van der Waals surface area (Å²) < 4.78 is 0. The SMILES string of the molecule is CCCC(NC(=O)C[C@@H]1C[C@H]1c1ccccc1)C(=O)O. The zero-order valence-electron chi connectivity index (χ0n) is 11.7. The molecule has 1 aliphatic carbocycles. The molecule has 0 spiro atoms. The van der Waals surface area contributed by atoms with Gasteiger partial charge in [-0.05, 0) is 30.2 Å². The molecule has 2 rings (SSSR count). The molecule has 0 saturated heterocycles. The number of aliphatic carboxylic acids is 1. The number of carboxylic acid groups (broad SMARTS) is 1. The zero-order chi connectivity index (χ0) is 14.5. The molecule has 4 nitrogen and oxygen atoms in total. The average molecular weight is 275 g/mol. The minimum absolute atomic E-state index is 0.144. The summed E-state index contributed by atoms with van der Waals surface area (Å²) in [4.78, 5) is 22.9. The first kappa shape index (κ1) is 14.6. The molecular weight excluding hydrogens is 254 g/mol. The molecule has 1 unspecified atom stereocenters. The quantitative estimate of drug-likeness (QED) is 0.803. The van der Waals surface area contributed by atoms with Crippen molar-refractivity contribution in [2.24, 2.45) is 5.92 Å². The van der Waals surface area contributed by atoms with Crippen LogP contribution < -0.4 is 5.32 Å². The van der Waals surface area contributed by atoms with Gasteiger partial charge >= 0.3 is 5.97 Å². The Morgan fingerprint density at radius 1 is 1.35 bits per heavy atom. The summed E-state index contributed by atoms with van der Waals surface area (Å²) in [6, 6.07) is 9.41. The summed E-state index contributed by atoms with van der Waals surface area (Å²) in [5.74, 6) is -0.283. The van der Waals surface area contributed by atoms with Gasteiger partial charge in [-0.1, -0.05) is 43.7 Å². The molecule has 1 aromatic carbocycles. The highest BCUT2D eigenvalue weighted by Crippen LogP contribution is 2.49. The fourth-order valence-corrected chi connectivity index (χ4v) is 2.62. The van der Waals surface area contributed by atoms with E-state index >= 15 is 0 Å². The first-order valence-electron chi connectivity index (χ1n) is 7.19. The van der Waals surface area contributed by atoms with Crippen LogP contribution in [0.5, 0.6) is 0 Å². The molecule has 1 amide bonds. The minimum Gasteiger partial charge on any atom is -0.480 e. The Balaban J connectivity index is 1.80. The van der Waals surface area contributed by atoms with Crippen molar-refractivity contribution in [3.05, 3.63) is 35.9 Å². The van der Waals surface area contributed by atoms with Crippen LogP contribution in [0.25, 0.3) is 0 Å². The van der Waals surface area contributed by atoms with E-state index in [0.29, 0.717) is 24.7 Å². The maximum absolute atomic E-state index is 11.9. The lowest BCUT2D eigenvalue weighted by Gasteiger charge is -2.13. The number of carboxylic acids is 1. The molecule has 0 bridgehead atoms. The third kappa shape index (κ3) is 3.83. The Morgan fingerprint density at radius 3 is 2.65 bits per heavy atom. The molecule has 4 heteroatoms. The fourth-order valence-electron chi connectivity index (χ4n) is 2.62. The molecule has 0 aromatic heterocycles. The maximum Gasteiger partial charge on any atom is 0.326 e. The Labute approximate surface area is 119 Å². The van der Waals surface area contributed by atoms with Crippen molar-refractivity contribution in [1.82, 2.24) is 5.32 Å². The highest BCUT2D eigenvalue weighted by Gasteiger charge is 2.39. The molecule has 3 atom stereocenters. The smallest absolute Gasteiger partial charge is 0.326 e. The van der Waals surface area contributed by atoms with E-state index in [9.17, 15) is 9.59 Å². The second-order valence-electron chi connectivity index (χ2n) is 5.46. The Kier molecular flexibility index (Phi) is 4.77. The topological polar surface area (TPSA) is 66.4 Å². The number of amides is 1. The normalized spacial score (nSPS) is 22.1. The van der Waals surface area contributed by atoms with Crippen LogP contribution >= 0.6 is 0 Å². The van der Waals surface area contributed by atoms with Crippen LogP contribution in [0.15, 0.2) is 30.3 Å². The molecule has 1 saturated carbocycles. The minimum atomic E-state index is -0.949. The summed E-state index contributed by atoms with van der Waals surface area (Å²) in [5, 5.41) is 11.6. The monoisotopic (exact) mass is 275 g/mol. The van der Waals surface area contributed by atoms with E-state index in [4.69, 9.17) is 5.11 Å². The lowest BCUT2D eigenvalue weighted by Crippen LogP contribution is -2.40. The van der Waals surface area contributed by atoms with Gasteiger partial charge in [-0.3, -0.25) is 4.79 Å². The molecule has 20 heavy (non-hydrogen) atoms. The van der Waals surface area contributed by atoms with Crippen LogP contribution in [0.3, 0.4) is 0 Å². The Morgan fingerprint density at radius 2 is 2.05 bits per heavy atom. The maximum atomic E-state index is 11.9. The number of carbonyl (C=O) groups is 2. The number of rotatable bonds is 7. The van der Waals surface area contributed by atoms with Gasteiger partial charge in [-0.25, -0.2) is 4.79 Å². The fraction of sp³-hybridized carbons (Fsp3) is 0.500. The number of hydrogen-bond donors (Lipinski definition) is 2. The molecule has 1 aromatic rings. The van der Waals surface area contributed by atoms with Gasteiger partial charge in [0.1, 0.15) is 6.04 Å². The van der Waals surface area contributed by atoms with Gasteiger partial charge < -0.3 is 10.4 Å². The predicted molar refractivity (Wildman–Crippen MR) is 76.4 cm³/mol. The van der Waals surface area contributed by atoms with Gasteiger partial charge in [0.05, 0.1) is 0 Å². The predicted octanol–water partition coefficient (Wildman–Crippen LogP) is 2.55. The van der Waals surface area contributed by atoms with Crippen LogP contribution in [0.1, 0.15) is 44.1 Å². The third-order valence-corrected chi connectivity index (χ3v) is 3.81. The summed E-state index contributed by atoms with van der Waals surface area (Å²) in [6.45, 7) is 1.91. The number of hydrogen-bond acceptors (Lipinski definition) is 2. The third-order valence-electron chi connectivity index (χ3n) is 3.81. The van der Waals surface area contributed by atoms with Gasteiger partial charge in [0, 0.05) is 6.42 Å². The number of nitrogens with one attached hydrogen (secondary N) is 1. The lowest BCUT2D eigenvalue weighted by molar-refractivity contribution is -0.142. The zero-order valence-corrected chi connectivity index (χ0v) is 11.7. The summed E-state index contributed by atoms with van der Waals surface area (Å²) in [5.41, 5.74) is 1.27. The Hall–Kier alpha value is -1.84. The van der Waals surface area contributed by atoms with Gasteiger partial charge in [0.25, 0.3) is 0 Å². The van der Waals surface area contributed by atoms with Crippen LogP contribution in [-0.2, 0) is 9.59 Å². The molecule has 108 valence electrons. The van der Waals surface area contributed by atoms with Crippen LogP contribution in [0.4, 0.5) is 0 Å². The lowest BCUT2D eigenvalue weighted by atomic mass is 10.1. The van der Waals surface area contributed by atoms with Crippen LogP contribution in [0.2, 0.25) is 0 Å². The number of benzene rings is 1. The van der Waals surface area contributed by atoms with Crippen molar-refractivity contribution in [3.8, 4) is 0 Å². The van der Waals surface area contributed by atoms with E-state index in [1.54, 1.807) is 0 Å². The van der Waals surface area contributed by atoms with E-state index < -0.39 is 12.0 Å². The molecule has 2 N–H and O–H groups in total. The van der Waals surface area contributed by atoms with E-state index in [1.807, 2.05) is 25.1 Å². The molecule has 0 aliphatic heterocycles. The van der Waals surface area contributed by atoms with Crippen molar-refractivity contribution in [2.45, 2.75) is 44.6 Å². The summed E-state index contributed by atoms with van der Waals surface area (Å²) in [7, 11) is 0. The van der Waals surface area contributed by atoms with Gasteiger partial charge in [-0.2, -0.15) is 0 Å². The van der Waals surface area contributed by atoms with Gasteiger partial charge in [0.2, 0.25) is 5.91 Å². The summed E-state index contributed by atoms with van der Waals surface area (Å²) >= 11 is 0. The van der Waals surface area contributed by atoms with Crippen molar-refractivity contribution < 1.29 is 14.7 Å². The molecule has 0 heterocycles. The van der Waals surface area contributed by atoms with E-state index in [1.165, 1.54) is 5.56 Å². The standard InChI is InChI=1S/C16H21NO3/c1-2-6-14(16(19)20)17-15(18)10-12-9-13(12)11-7-4-3-5-8-11/h3-5,7-8,12-14H,2,6,9-10H2,1H3,(H,17,18)(H,19,20)/t12-,13-,14?/m0/s1. The van der Waals surface area contributed by atoms with E-state index in [-0.39, 0.29) is 5.91 Å². The van der Waals surface area contributed by atoms with Crippen LogP contribution in [0, 0.1) is 5.92 Å². The second-order valence-corrected chi connectivity index (χ2v) is 5.46. The van der Waals surface area contributed by atoms with Crippen molar-refractivity contribution in [2.75, 3.05) is 0 Å². The first-order chi connectivity index (χ1) is 9.61. The molecule has 0 radical (unpaired) electrons.